The van der Waals surface area contributed by atoms with Crippen LogP contribution < -0.4 is 10.9 Å². The minimum atomic E-state index is -0.749. The van der Waals surface area contributed by atoms with Crippen molar-refractivity contribution in [2.75, 3.05) is 11.9 Å². The largest absolute Gasteiger partial charge is 0.452 e. The van der Waals surface area contributed by atoms with Crippen molar-refractivity contribution in [2.45, 2.75) is 0 Å². The molecule has 0 saturated carbocycles. The van der Waals surface area contributed by atoms with Gasteiger partial charge in [0.1, 0.15) is 0 Å². The molecule has 0 atom stereocenters. The summed E-state index contributed by atoms with van der Waals surface area (Å²) >= 11 is 1.28. The number of nitrogens with zero attached hydrogens (tertiary/aromatic N) is 1. The quantitative estimate of drug-likeness (QED) is 0.328. The summed E-state index contributed by atoms with van der Waals surface area (Å²) in [5.74, 6) is -1.27. The molecular formula is C27H19N3O4S. The van der Waals surface area contributed by atoms with Crippen LogP contribution >= 0.6 is 11.3 Å². The molecule has 3 aromatic carbocycles. The van der Waals surface area contributed by atoms with Crippen molar-refractivity contribution < 1.29 is 14.3 Å². The van der Waals surface area contributed by atoms with Gasteiger partial charge in [-0.1, -0.05) is 72.8 Å². The maximum absolute atomic E-state index is 12.5. The average molecular weight is 482 g/mol. The van der Waals surface area contributed by atoms with E-state index in [1.807, 2.05) is 47.8 Å². The topological polar surface area (TPSA) is 101 Å². The van der Waals surface area contributed by atoms with Gasteiger partial charge in [-0.25, -0.2) is 9.78 Å². The predicted octanol–water partition coefficient (Wildman–Crippen LogP) is 5.11. The molecule has 8 heteroatoms. The number of aromatic nitrogens is 2. The zero-order valence-electron chi connectivity index (χ0n) is 18.4. The maximum Gasteiger partial charge on any atom is 0.339 e. The van der Waals surface area contributed by atoms with E-state index < -0.39 is 24.0 Å². The summed E-state index contributed by atoms with van der Waals surface area (Å²) < 4.78 is 5.14. The SMILES string of the molecule is O=C(COC(=O)c1cc(=O)[nH]c2ccccc12)Nc1nc(-c2ccc(-c3ccccc3)cc2)cs1. The molecule has 0 saturated heterocycles. The number of anilines is 1. The van der Waals surface area contributed by atoms with Crippen molar-refractivity contribution in [1.82, 2.24) is 9.97 Å². The van der Waals surface area contributed by atoms with Crippen LogP contribution in [-0.2, 0) is 9.53 Å². The van der Waals surface area contributed by atoms with E-state index in [-0.39, 0.29) is 5.56 Å². The van der Waals surface area contributed by atoms with E-state index >= 15 is 0 Å². The molecule has 0 radical (unpaired) electrons. The molecule has 2 heterocycles. The van der Waals surface area contributed by atoms with E-state index in [1.165, 1.54) is 17.4 Å². The van der Waals surface area contributed by atoms with Crippen molar-refractivity contribution in [2.24, 2.45) is 0 Å². The molecule has 0 spiro atoms. The molecule has 0 unspecified atom stereocenters. The fourth-order valence-corrected chi connectivity index (χ4v) is 4.40. The molecule has 2 aromatic heterocycles. The van der Waals surface area contributed by atoms with Crippen LogP contribution in [0.2, 0.25) is 0 Å². The van der Waals surface area contributed by atoms with Gasteiger partial charge in [0, 0.05) is 27.9 Å². The predicted molar refractivity (Wildman–Crippen MR) is 136 cm³/mol. The van der Waals surface area contributed by atoms with E-state index in [0.29, 0.717) is 16.0 Å². The molecule has 5 rings (SSSR count). The summed E-state index contributed by atoms with van der Waals surface area (Å²) in [6, 6.07) is 26.2. The number of H-pyrrole nitrogens is 1. The Labute approximate surface area is 204 Å². The van der Waals surface area contributed by atoms with E-state index in [9.17, 15) is 14.4 Å². The van der Waals surface area contributed by atoms with E-state index in [2.05, 4.69) is 27.4 Å². The zero-order valence-corrected chi connectivity index (χ0v) is 19.2. The van der Waals surface area contributed by atoms with Gasteiger partial charge in [-0.2, -0.15) is 0 Å². The van der Waals surface area contributed by atoms with Crippen LogP contribution in [0.25, 0.3) is 33.3 Å². The van der Waals surface area contributed by atoms with Gasteiger partial charge < -0.3 is 9.72 Å². The molecule has 7 nitrogen and oxygen atoms in total. The summed E-state index contributed by atoms with van der Waals surface area (Å²) in [7, 11) is 0. The number of aromatic amines is 1. The number of ether oxygens (including phenoxy) is 1. The number of hydrogen-bond acceptors (Lipinski definition) is 6. The normalized spacial score (nSPS) is 10.7. The Morgan fingerprint density at radius 3 is 2.37 bits per heavy atom. The number of carbonyl (C=O) groups is 2. The van der Waals surface area contributed by atoms with Crippen LogP contribution in [0.15, 0.2) is 95.1 Å². The van der Waals surface area contributed by atoms with E-state index in [0.717, 1.165) is 22.4 Å². The Kier molecular flexibility index (Phi) is 6.19. The second kappa shape index (κ2) is 9.74. The van der Waals surface area contributed by atoms with Gasteiger partial charge in [-0.05, 0) is 17.2 Å². The molecule has 2 N–H and O–H groups in total. The van der Waals surface area contributed by atoms with Crippen LogP contribution in [-0.4, -0.2) is 28.5 Å². The van der Waals surface area contributed by atoms with E-state index in [4.69, 9.17) is 4.74 Å². The lowest BCUT2D eigenvalue weighted by Gasteiger charge is -2.07. The Balaban J connectivity index is 1.21. The first-order valence-corrected chi connectivity index (χ1v) is 11.7. The van der Waals surface area contributed by atoms with Crippen LogP contribution in [0.3, 0.4) is 0 Å². The van der Waals surface area contributed by atoms with Crippen molar-refractivity contribution in [3.05, 3.63) is 106 Å². The average Bonchev–Trinajstić information content (AvgIpc) is 3.35. The highest BCUT2D eigenvalue weighted by Gasteiger charge is 2.16. The molecule has 0 aliphatic heterocycles. The molecule has 0 aliphatic carbocycles. The van der Waals surface area contributed by atoms with Gasteiger partial charge in [0.05, 0.1) is 11.3 Å². The third-order valence-electron chi connectivity index (χ3n) is 5.34. The van der Waals surface area contributed by atoms with Crippen molar-refractivity contribution in [3.8, 4) is 22.4 Å². The Morgan fingerprint density at radius 1 is 0.886 bits per heavy atom. The number of nitrogens with one attached hydrogen (secondary N) is 2. The number of rotatable bonds is 6. The second-order valence-corrected chi connectivity index (χ2v) is 8.56. The molecule has 0 fully saturated rings. The van der Waals surface area contributed by atoms with E-state index in [1.54, 1.807) is 24.3 Å². The maximum atomic E-state index is 12.5. The van der Waals surface area contributed by atoms with Crippen molar-refractivity contribution in [1.29, 1.82) is 0 Å². The fraction of sp³-hybridized carbons (Fsp3) is 0.0370. The third-order valence-corrected chi connectivity index (χ3v) is 6.10. The Hall–Kier alpha value is -4.56. The fourth-order valence-electron chi connectivity index (χ4n) is 3.67. The minimum Gasteiger partial charge on any atom is -0.452 e. The molecule has 172 valence electrons. The Bertz CT molecular complexity index is 1570. The van der Waals surface area contributed by atoms with Gasteiger partial charge in [0.25, 0.3) is 5.91 Å². The number of fused-ring (bicyclic) bond motifs is 1. The van der Waals surface area contributed by atoms with Gasteiger partial charge in [0.2, 0.25) is 5.56 Å². The number of para-hydroxylation sites is 1. The minimum absolute atomic E-state index is 0.104. The molecule has 35 heavy (non-hydrogen) atoms. The van der Waals surface area contributed by atoms with Crippen LogP contribution in [0.4, 0.5) is 5.13 Å². The molecular weight excluding hydrogens is 462 g/mol. The van der Waals surface area contributed by atoms with Crippen molar-refractivity contribution in [3.63, 3.8) is 0 Å². The third kappa shape index (κ3) is 5.02. The van der Waals surface area contributed by atoms with Gasteiger partial charge in [-0.3, -0.25) is 14.9 Å². The number of esters is 1. The van der Waals surface area contributed by atoms with Gasteiger partial charge in [-0.15, -0.1) is 11.3 Å². The smallest absolute Gasteiger partial charge is 0.339 e. The highest BCUT2D eigenvalue weighted by atomic mass is 32.1. The number of hydrogen-bond donors (Lipinski definition) is 2. The highest BCUT2D eigenvalue weighted by Crippen LogP contribution is 2.27. The lowest BCUT2D eigenvalue weighted by Crippen LogP contribution is -2.21. The van der Waals surface area contributed by atoms with Gasteiger partial charge >= 0.3 is 5.97 Å². The van der Waals surface area contributed by atoms with Crippen LogP contribution in [0.5, 0.6) is 0 Å². The first kappa shape index (κ1) is 22.2. The number of amides is 1. The summed E-state index contributed by atoms with van der Waals surface area (Å²) in [6.45, 7) is -0.499. The number of benzene rings is 3. The van der Waals surface area contributed by atoms with Gasteiger partial charge in [0.15, 0.2) is 11.7 Å². The monoisotopic (exact) mass is 481 g/mol. The zero-order chi connectivity index (χ0) is 24.2. The summed E-state index contributed by atoms with van der Waals surface area (Å²) in [6.07, 6.45) is 0. The van der Waals surface area contributed by atoms with Crippen molar-refractivity contribution >= 4 is 39.2 Å². The molecule has 0 aliphatic rings. The lowest BCUT2D eigenvalue weighted by molar-refractivity contribution is -0.119. The summed E-state index contributed by atoms with van der Waals surface area (Å²) in [5, 5.41) is 5.44. The first-order chi connectivity index (χ1) is 17.1. The number of carbonyl (C=O) groups excluding carboxylic acids is 2. The number of pyridine rings is 1. The lowest BCUT2D eigenvalue weighted by atomic mass is 10.0. The van der Waals surface area contributed by atoms with Crippen LogP contribution in [0, 0.1) is 0 Å². The Morgan fingerprint density at radius 2 is 1.57 bits per heavy atom. The number of thiazole rings is 1. The molecule has 1 amide bonds. The first-order valence-electron chi connectivity index (χ1n) is 10.8. The standard InChI is InChI=1S/C27H19N3O4S/c31-24-14-21(20-8-4-5-9-22(20)28-24)26(33)34-15-25(32)30-27-29-23(16-35-27)19-12-10-18(11-13-19)17-6-2-1-3-7-17/h1-14,16H,15H2,(H,28,31)(H,29,30,32). The summed E-state index contributed by atoms with van der Waals surface area (Å²) in [5.41, 5.74) is 4.09. The molecule has 5 aromatic rings. The van der Waals surface area contributed by atoms with Crippen LogP contribution in [0.1, 0.15) is 10.4 Å². The second-order valence-electron chi connectivity index (χ2n) is 7.70. The summed E-state index contributed by atoms with van der Waals surface area (Å²) in [4.78, 5) is 43.8. The molecule has 0 bridgehead atoms. The highest BCUT2D eigenvalue weighted by molar-refractivity contribution is 7.14.